The van der Waals surface area contributed by atoms with E-state index in [1.54, 1.807) is 11.8 Å². The molecule has 2 aromatic rings. The van der Waals surface area contributed by atoms with Gasteiger partial charge in [0.15, 0.2) is 6.10 Å². The van der Waals surface area contributed by atoms with Crippen molar-refractivity contribution >= 4 is 28.9 Å². The molecule has 1 amide bonds. The Morgan fingerprint density at radius 3 is 2.91 bits per heavy atom. The fraction of sp³-hybridized carbons (Fsp3) is 0.294. The van der Waals surface area contributed by atoms with Crippen LogP contribution in [0.15, 0.2) is 41.1 Å². The molecule has 114 valence electrons. The Morgan fingerprint density at radius 1 is 1.32 bits per heavy atom. The normalized spacial score (nSPS) is 14.5. The Labute approximate surface area is 133 Å². The van der Waals surface area contributed by atoms with Crippen LogP contribution in [-0.2, 0) is 27.2 Å². The summed E-state index contributed by atoms with van der Waals surface area (Å²) >= 11 is 1.54. The van der Waals surface area contributed by atoms with Crippen LogP contribution < -0.4 is 4.90 Å². The summed E-state index contributed by atoms with van der Waals surface area (Å²) in [6, 6.07) is 9.72. The Balaban J connectivity index is 1.62. The third kappa shape index (κ3) is 3.04. The molecule has 0 unspecified atom stereocenters. The second-order valence-corrected chi connectivity index (χ2v) is 6.09. The number of thiophene rings is 1. The van der Waals surface area contributed by atoms with Gasteiger partial charge >= 0.3 is 5.97 Å². The molecule has 1 aliphatic rings. The highest BCUT2D eigenvalue weighted by atomic mass is 32.1. The van der Waals surface area contributed by atoms with Crippen molar-refractivity contribution in [2.75, 3.05) is 11.4 Å². The predicted molar refractivity (Wildman–Crippen MR) is 86.1 cm³/mol. The fourth-order valence-electron chi connectivity index (χ4n) is 2.64. The average Bonchev–Trinajstić information content (AvgIpc) is 3.15. The molecule has 2 heterocycles. The maximum atomic E-state index is 12.5. The van der Waals surface area contributed by atoms with Crippen molar-refractivity contribution in [2.24, 2.45) is 0 Å². The second-order valence-electron chi connectivity index (χ2n) is 5.31. The van der Waals surface area contributed by atoms with Crippen molar-refractivity contribution in [3.63, 3.8) is 0 Å². The molecule has 0 N–H and O–H groups in total. The first kappa shape index (κ1) is 14.8. The number of carbonyl (C=O) groups excluding carboxylic acids is 2. The monoisotopic (exact) mass is 315 g/mol. The van der Waals surface area contributed by atoms with E-state index in [-0.39, 0.29) is 18.3 Å². The van der Waals surface area contributed by atoms with Crippen molar-refractivity contribution in [1.82, 2.24) is 0 Å². The lowest BCUT2D eigenvalue weighted by atomic mass is 10.2. The van der Waals surface area contributed by atoms with E-state index in [9.17, 15) is 9.59 Å². The van der Waals surface area contributed by atoms with Gasteiger partial charge in [0, 0.05) is 12.2 Å². The molecular formula is C17H17NO3S. The Bertz CT molecular complexity index is 681. The van der Waals surface area contributed by atoms with Crippen molar-refractivity contribution in [3.8, 4) is 0 Å². The zero-order chi connectivity index (χ0) is 15.5. The molecule has 4 nitrogen and oxygen atoms in total. The summed E-state index contributed by atoms with van der Waals surface area (Å²) < 4.78 is 5.29. The number of hydrogen-bond donors (Lipinski definition) is 0. The highest BCUT2D eigenvalue weighted by Gasteiger charge is 2.29. The quantitative estimate of drug-likeness (QED) is 0.815. The van der Waals surface area contributed by atoms with Gasteiger partial charge in [0.05, 0.1) is 6.42 Å². The first-order valence-corrected chi connectivity index (χ1v) is 8.19. The third-order valence-corrected chi connectivity index (χ3v) is 4.47. The lowest BCUT2D eigenvalue weighted by Crippen LogP contribution is -2.39. The summed E-state index contributed by atoms with van der Waals surface area (Å²) in [5.74, 6) is -0.532. The number of esters is 1. The SMILES string of the molecule is C[C@@H](OC(=O)Cc1ccsc1)C(=O)N1CCc2ccccc21. The molecule has 0 aliphatic carbocycles. The Kier molecular flexibility index (Phi) is 4.24. The molecule has 0 saturated carbocycles. The van der Waals surface area contributed by atoms with E-state index in [0.717, 1.165) is 23.2 Å². The number of para-hydroxylation sites is 1. The van der Waals surface area contributed by atoms with Crippen LogP contribution in [0.1, 0.15) is 18.1 Å². The van der Waals surface area contributed by atoms with Crippen LogP contribution >= 0.6 is 11.3 Å². The van der Waals surface area contributed by atoms with Gasteiger partial charge in [-0.1, -0.05) is 18.2 Å². The van der Waals surface area contributed by atoms with Crippen LogP contribution in [0.5, 0.6) is 0 Å². The number of nitrogens with zero attached hydrogens (tertiary/aromatic N) is 1. The second kappa shape index (κ2) is 6.32. The van der Waals surface area contributed by atoms with Crippen LogP contribution in [0, 0.1) is 0 Å². The van der Waals surface area contributed by atoms with Gasteiger partial charge in [-0.25, -0.2) is 0 Å². The zero-order valence-electron chi connectivity index (χ0n) is 12.3. The summed E-state index contributed by atoms with van der Waals surface area (Å²) in [5, 5.41) is 3.82. The average molecular weight is 315 g/mol. The van der Waals surface area contributed by atoms with Gasteiger partial charge in [0.25, 0.3) is 5.91 Å². The molecule has 0 radical (unpaired) electrons. The number of anilines is 1. The smallest absolute Gasteiger partial charge is 0.311 e. The number of fused-ring (bicyclic) bond motifs is 1. The lowest BCUT2D eigenvalue weighted by molar-refractivity contribution is -0.153. The van der Waals surface area contributed by atoms with Crippen LogP contribution in [-0.4, -0.2) is 24.5 Å². The topological polar surface area (TPSA) is 46.6 Å². The minimum atomic E-state index is -0.766. The fourth-order valence-corrected chi connectivity index (χ4v) is 3.30. The molecular weight excluding hydrogens is 298 g/mol. The first-order valence-electron chi connectivity index (χ1n) is 7.25. The molecule has 0 spiro atoms. The van der Waals surface area contributed by atoms with Gasteiger partial charge in [-0.15, -0.1) is 0 Å². The largest absolute Gasteiger partial charge is 0.452 e. The molecule has 1 aliphatic heterocycles. The van der Waals surface area contributed by atoms with Crippen LogP contribution in [0.2, 0.25) is 0 Å². The number of rotatable bonds is 4. The summed E-state index contributed by atoms with van der Waals surface area (Å²) in [5.41, 5.74) is 3.00. The zero-order valence-corrected chi connectivity index (χ0v) is 13.1. The number of hydrogen-bond acceptors (Lipinski definition) is 4. The lowest BCUT2D eigenvalue weighted by Gasteiger charge is -2.21. The molecule has 0 saturated heterocycles. The number of benzene rings is 1. The summed E-state index contributed by atoms with van der Waals surface area (Å²) in [4.78, 5) is 26.1. The maximum Gasteiger partial charge on any atom is 0.311 e. The van der Waals surface area contributed by atoms with E-state index < -0.39 is 6.10 Å². The first-order chi connectivity index (χ1) is 10.6. The van der Waals surface area contributed by atoms with Crippen LogP contribution in [0.4, 0.5) is 5.69 Å². The minimum absolute atomic E-state index is 0.163. The molecule has 0 fully saturated rings. The van der Waals surface area contributed by atoms with Gasteiger partial charge in [-0.05, 0) is 47.4 Å². The molecule has 3 rings (SSSR count). The van der Waals surface area contributed by atoms with Crippen molar-refractivity contribution in [1.29, 1.82) is 0 Å². The molecule has 1 atom stereocenters. The standard InChI is InChI=1S/C17H17NO3S/c1-12(21-16(19)10-13-7-9-22-11-13)17(20)18-8-6-14-4-2-3-5-15(14)18/h2-5,7,9,11-12H,6,8,10H2,1H3/t12-/m1/s1. The van der Waals surface area contributed by atoms with Gasteiger partial charge < -0.3 is 9.64 Å². The number of ether oxygens (including phenoxy) is 1. The molecule has 0 bridgehead atoms. The number of carbonyl (C=O) groups is 2. The molecule has 22 heavy (non-hydrogen) atoms. The van der Waals surface area contributed by atoms with E-state index in [1.807, 2.05) is 41.1 Å². The van der Waals surface area contributed by atoms with Crippen molar-refractivity contribution < 1.29 is 14.3 Å². The van der Waals surface area contributed by atoms with E-state index in [1.165, 1.54) is 11.3 Å². The number of amides is 1. The van der Waals surface area contributed by atoms with Crippen molar-refractivity contribution in [2.45, 2.75) is 25.9 Å². The van der Waals surface area contributed by atoms with E-state index in [2.05, 4.69) is 0 Å². The molecule has 1 aromatic carbocycles. The van der Waals surface area contributed by atoms with Crippen LogP contribution in [0.25, 0.3) is 0 Å². The van der Waals surface area contributed by atoms with E-state index in [0.29, 0.717) is 6.54 Å². The third-order valence-electron chi connectivity index (χ3n) is 3.74. The van der Waals surface area contributed by atoms with E-state index >= 15 is 0 Å². The highest BCUT2D eigenvalue weighted by Crippen LogP contribution is 2.28. The Hall–Kier alpha value is -2.14. The predicted octanol–water partition coefficient (Wildman–Crippen LogP) is 2.81. The summed E-state index contributed by atoms with van der Waals surface area (Å²) in [7, 11) is 0. The van der Waals surface area contributed by atoms with Gasteiger partial charge in [-0.2, -0.15) is 11.3 Å². The van der Waals surface area contributed by atoms with Crippen molar-refractivity contribution in [3.05, 3.63) is 52.2 Å². The van der Waals surface area contributed by atoms with E-state index in [4.69, 9.17) is 4.74 Å². The minimum Gasteiger partial charge on any atom is -0.452 e. The molecule has 1 aromatic heterocycles. The Morgan fingerprint density at radius 2 is 2.14 bits per heavy atom. The summed E-state index contributed by atoms with van der Waals surface area (Å²) in [6.45, 7) is 2.28. The van der Waals surface area contributed by atoms with Gasteiger partial charge in [0.1, 0.15) is 0 Å². The van der Waals surface area contributed by atoms with Crippen LogP contribution in [0.3, 0.4) is 0 Å². The highest BCUT2D eigenvalue weighted by molar-refractivity contribution is 7.07. The van der Waals surface area contributed by atoms with Gasteiger partial charge in [0.2, 0.25) is 0 Å². The van der Waals surface area contributed by atoms with Gasteiger partial charge in [-0.3, -0.25) is 9.59 Å². The molecule has 5 heteroatoms. The maximum absolute atomic E-state index is 12.5. The summed E-state index contributed by atoms with van der Waals surface area (Å²) in [6.07, 6.45) is 0.284.